The fourth-order valence-corrected chi connectivity index (χ4v) is 4.22. The predicted octanol–water partition coefficient (Wildman–Crippen LogP) is 3.39. The molecular weight excluding hydrogens is 316 g/mol. The monoisotopic (exact) mass is 332 g/mol. The maximum atomic E-state index is 12.4. The molecule has 0 radical (unpaired) electrons. The third-order valence-corrected chi connectivity index (χ3v) is 5.23. The Hall–Kier alpha value is -1.73. The molecule has 0 N–H and O–H groups in total. The van der Waals surface area contributed by atoms with Gasteiger partial charge in [-0.15, -0.1) is 21.5 Å². The lowest BCUT2D eigenvalue weighted by Gasteiger charge is -2.03. The first-order valence-electron chi connectivity index (χ1n) is 6.88. The van der Waals surface area contributed by atoms with Crippen molar-refractivity contribution in [2.75, 3.05) is 5.75 Å². The molecule has 3 aromatic heterocycles. The van der Waals surface area contributed by atoms with Crippen LogP contribution in [0.5, 0.6) is 0 Å². The average molecular weight is 332 g/mol. The second kappa shape index (κ2) is 5.81. The molecule has 0 saturated heterocycles. The summed E-state index contributed by atoms with van der Waals surface area (Å²) >= 11 is 3.06. The fraction of sp³-hybridized carbons (Fsp3) is 0.333. The molecule has 22 heavy (non-hydrogen) atoms. The van der Waals surface area contributed by atoms with E-state index < -0.39 is 0 Å². The summed E-state index contributed by atoms with van der Waals surface area (Å²) in [6, 6.07) is 3.85. The smallest absolute Gasteiger partial charge is 0.197 e. The molecular formula is C15H16N4OS2. The van der Waals surface area contributed by atoms with Gasteiger partial charge in [-0.2, -0.15) is 0 Å². The standard InChI is InChI=1S/C15H16N4OS2/c1-8-5-14-17-18-15(19(14)11(4)16-8)21-7-13(20)12-6-9(2)22-10(12)3/h5-6H,7H2,1-4H3. The van der Waals surface area contributed by atoms with Gasteiger partial charge in [-0.25, -0.2) is 4.98 Å². The molecule has 114 valence electrons. The van der Waals surface area contributed by atoms with Crippen LogP contribution in [0.25, 0.3) is 5.65 Å². The Labute approximate surface area is 136 Å². The van der Waals surface area contributed by atoms with Crippen molar-refractivity contribution in [1.29, 1.82) is 0 Å². The van der Waals surface area contributed by atoms with Crippen LogP contribution in [-0.2, 0) is 0 Å². The summed E-state index contributed by atoms with van der Waals surface area (Å²) in [5.41, 5.74) is 2.49. The number of carbonyl (C=O) groups excluding carboxylic acids is 1. The van der Waals surface area contributed by atoms with E-state index in [0.29, 0.717) is 10.9 Å². The zero-order chi connectivity index (χ0) is 15.9. The van der Waals surface area contributed by atoms with E-state index >= 15 is 0 Å². The maximum Gasteiger partial charge on any atom is 0.197 e. The highest BCUT2D eigenvalue weighted by atomic mass is 32.2. The lowest BCUT2D eigenvalue weighted by atomic mass is 10.2. The molecule has 7 heteroatoms. The summed E-state index contributed by atoms with van der Waals surface area (Å²) in [6.07, 6.45) is 0. The number of hydrogen-bond donors (Lipinski definition) is 0. The number of rotatable bonds is 4. The van der Waals surface area contributed by atoms with Crippen LogP contribution in [0.1, 0.15) is 31.6 Å². The minimum Gasteiger partial charge on any atom is -0.293 e. The van der Waals surface area contributed by atoms with E-state index in [2.05, 4.69) is 15.2 Å². The third-order valence-electron chi connectivity index (χ3n) is 3.33. The Balaban J connectivity index is 1.82. The van der Waals surface area contributed by atoms with Crippen LogP contribution in [-0.4, -0.2) is 31.1 Å². The van der Waals surface area contributed by atoms with Crippen LogP contribution >= 0.6 is 23.1 Å². The number of ketones is 1. The largest absolute Gasteiger partial charge is 0.293 e. The van der Waals surface area contributed by atoms with Gasteiger partial charge in [-0.05, 0) is 33.8 Å². The van der Waals surface area contributed by atoms with E-state index in [9.17, 15) is 4.79 Å². The van der Waals surface area contributed by atoms with Gasteiger partial charge in [0.2, 0.25) is 0 Å². The van der Waals surface area contributed by atoms with Crippen molar-refractivity contribution in [1.82, 2.24) is 19.6 Å². The summed E-state index contributed by atoms with van der Waals surface area (Å²) in [5, 5.41) is 9.04. The number of nitrogens with zero attached hydrogens (tertiary/aromatic N) is 4. The van der Waals surface area contributed by atoms with Gasteiger partial charge in [-0.1, -0.05) is 11.8 Å². The maximum absolute atomic E-state index is 12.4. The Kier molecular flexibility index (Phi) is 4.01. The summed E-state index contributed by atoms with van der Waals surface area (Å²) in [7, 11) is 0. The first-order valence-corrected chi connectivity index (χ1v) is 8.68. The number of hydrogen-bond acceptors (Lipinski definition) is 6. The molecule has 3 aromatic rings. The van der Waals surface area contributed by atoms with Crippen LogP contribution in [0, 0.1) is 27.7 Å². The number of Topliss-reactive ketones (excluding diaryl/α,β-unsaturated/α-hetero) is 1. The molecule has 0 saturated carbocycles. The van der Waals surface area contributed by atoms with Gasteiger partial charge < -0.3 is 0 Å². The highest BCUT2D eigenvalue weighted by molar-refractivity contribution is 7.99. The van der Waals surface area contributed by atoms with Crippen LogP contribution < -0.4 is 0 Å². The lowest BCUT2D eigenvalue weighted by Crippen LogP contribution is -2.04. The van der Waals surface area contributed by atoms with E-state index in [1.54, 1.807) is 11.3 Å². The molecule has 0 fully saturated rings. The van der Waals surface area contributed by atoms with Crippen molar-refractivity contribution in [2.24, 2.45) is 0 Å². The van der Waals surface area contributed by atoms with Gasteiger partial charge in [0, 0.05) is 27.1 Å². The van der Waals surface area contributed by atoms with Gasteiger partial charge in [0.25, 0.3) is 0 Å². The summed E-state index contributed by atoms with van der Waals surface area (Å²) in [6.45, 7) is 7.85. The third kappa shape index (κ3) is 2.78. The molecule has 0 unspecified atom stereocenters. The van der Waals surface area contributed by atoms with E-state index in [4.69, 9.17) is 0 Å². The van der Waals surface area contributed by atoms with Crippen molar-refractivity contribution < 1.29 is 4.79 Å². The van der Waals surface area contributed by atoms with Crippen molar-refractivity contribution in [3.8, 4) is 0 Å². The van der Waals surface area contributed by atoms with Gasteiger partial charge in [0.1, 0.15) is 5.82 Å². The number of aromatic nitrogens is 4. The minimum atomic E-state index is 0.126. The Morgan fingerprint density at radius 3 is 2.68 bits per heavy atom. The Morgan fingerprint density at radius 2 is 2.00 bits per heavy atom. The van der Waals surface area contributed by atoms with Crippen LogP contribution in [0.2, 0.25) is 0 Å². The number of aryl methyl sites for hydroxylation is 4. The van der Waals surface area contributed by atoms with Crippen molar-refractivity contribution in [3.05, 3.63) is 39.0 Å². The zero-order valence-corrected chi connectivity index (χ0v) is 14.5. The van der Waals surface area contributed by atoms with E-state index in [-0.39, 0.29) is 5.78 Å². The van der Waals surface area contributed by atoms with E-state index in [1.165, 1.54) is 11.8 Å². The van der Waals surface area contributed by atoms with Crippen molar-refractivity contribution in [3.63, 3.8) is 0 Å². The van der Waals surface area contributed by atoms with Gasteiger partial charge >= 0.3 is 0 Å². The number of fused-ring (bicyclic) bond motifs is 1. The topological polar surface area (TPSA) is 60.2 Å². The highest BCUT2D eigenvalue weighted by Gasteiger charge is 2.15. The molecule has 3 heterocycles. The molecule has 0 aliphatic rings. The van der Waals surface area contributed by atoms with Crippen LogP contribution in [0.3, 0.4) is 0 Å². The molecule has 5 nitrogen and oxygen atoms in total. The van der Waals surface area contributed by atoms with E-state index in [1.807, 2.05) is 44.2 Å². The second-order valence-electron chi connectivity index (χ2n) is 5.16. The van der Waals surface area contributed by atoms with Crippen molar-refractivity contribution in [2.45, 2.75) is 32.9 Å². The zero-order valence-electron chi connectivity index (χ0n) is 12.9. The first kappa shape index (κ1) is 15.2. The molecule has 0 amide bonds. The summed E-state index contributed by atoms with van der Waals surface area (Å²) in [4.78, 5) is 19.0. The Bertz CT molecular complexity index is 866. The normalized spacial score (nSPS) is 11.3. The first-order chi connectivity index (χ1) is 10.5. The summed E-state index contributed by atoms with van der Waals surface area (Å²) < 4.78 is 1.89. The molecule has 0 aromatic carbocycles. The molecule has 0 atom stereocenters. The minimum absolute atomic E-state index is 0.126. The Morgan fingerprint density at radius 1 is 1.23 bits per heavy atom. The van der Waals surface area contributed by atoms with Crippen LogP contribution in [0.4, 0.5) is 0 Å². The van der Waals surface area contributed by atoms with Gasteiger partial charge in [-0.3, -0.25) is 9.20 Å². The predicted molar refractivity (Wildman–Crippen MR) is 89.1 cm³/mol. The van der Waals surface area contributed by atoms with Gasteiger partial charge in [0.05, 0.1) is 5.75 Å². The lowest BCUT2D eigenvalue weighted by molar-refractivity contribution is 0.102. The molecule has 3 rings (SSSR count). The highest BCUT2D eigenvalue weighted by Crippen LogP contribution is 2.24. The fourth-order valence-electron chi connectivity index (χ4n) is 2.41. The molecule has 0 aliphatic carbocycles. The molecule has 0 aliphatic heterocycles. The quantitative estimate of drug-likeness (QED) is 0.541. The number of carbonyl (C=O) groups is 1. The van der Waals surface area contributed by atoms with Crippen molar-refractivity contribution >= 4 is 34.5 Å². The SMILES string of the molecule is Cc1cc2nnc(SCC(=O)c3cc(C)sc3C)n2c(C)n1. The second-order valence-corrected chi connectivity index (χ2v) is 7.56. The van der Waals surface area contributed by atoms with Gasteiger partial charge in [0.15, 0.2) is 16.6 Å². The summed E-state index contributed by atoms with van der Waals surface area (Å²) in [5.74, 6) is 1.31. The average Bonchev–Trinajstić information content (AvgIpc) is 2.99. The van der Waals surface area contributed by atoms with Crippen LogP contribution in [0.15, 0.2) is 17.3 Å². The number of thioether (sulfide) groups is 1. The number of thiophene rings is 1. The molecule has 0 bridgehead atoms. The van der Waals surface area contributed by atoms with E-state index in [0.717, 1.165) is 32.5 Å². The molecule has 0 spiro atoms.